The zero-order chi connectivity index (χ0) is 20.1. The summed E-state index contributed by atoms with van der Waals surface area (Å²) in [6, 6.07) is 20.2. The first-order chi connectivity index (χ1) is 14.2. The molecule has 5 heteroatoms. The first-order valence-electron chi connectivity index (χ1n) is 10.6. The molecule has 29 heavy (non-hydrogen) atoms. The van der Waals surface area contributed by atoms with Gasteiger partial charge in [-0.15, -0.1) is 0 Å². The van der Waals surface area contributed by atoms with Crippen molar-refractivity contribution < 1.29 is 9.53 Å². The number of carbonyl (C=O) groups is 1. The summed E-state index contributed by atoms with van der Waals surface area (Å²) in [6.07, 6.45) is 0.968. The van der Waals surface area contributed by atoms with E-state index in [2.05, 4.69) is 9.80 Å². The van der Waals surface area contributed by atoms with Crippen molar-refractivity contribution in [2.75, 3.05) is 52.5 Å². The van der Waals surface area contributed by atoms with Gasteiger partial charge in [0, 0.05) is 32.7 Å². The quantitative estimate of drug-likeness (QED) is 0.783. The van der Waals surface area contributed by atoms with Gasteiger partial charge in [-0.1, -0.05) is 60.7 Å². The van der Waals surface area contributed by atoms with Gasteiger partial charge in [-0.25, -0.2) is 0 Å². The minimum Gasteiger partial charge on any atom is -0.379 e. The molecule has 5 nitrogen and oxygen atoms in total. The maximum Gasteiger partial charge on any atom is 0.232 e. The van der Waals surface area contributed by atoms with E-state index in [1.807, 2.05) is 60.7 Å². The number of primary amides is 1. The highest BCUT2D eigenvalue weighted by Gasteiger charge is 2.49. The molecule has 2 saturated heterocycles. The van der Waals surface area contributed by atoms with Gasteiger partial charge >= 0.3 is 0 Å². The Bertz CT molecular complexity index is 751. The number of nitrogens with two attached hydrogens (primary N) is 1. The first kappa shape index (κ1) is 20.1. The Balaban J connectivity index is 1.58. The lowest BCUT2D eigenvalue weighted by Gasteiger charge is -2.37. The first-order valence-corrected chi connectivity index (χ1v) is 10.6. The molecule has 1 unspecified atom stereocenters. The number of ether oxygens (including phenoxy) is 1. The Morgan fingerprint density at radius 2 is 1.45 bits per heavy atom. The van der Waals surface area contributed by atoms with Crippen molar-refractivity contribution in [3.05, 3.63) is 71.8 Å². The normalized spacial score (nSPS) is 21.3. The molecule has 2 aliphatic heterocycles. The second kappa shape index (κ2) is 9.08. The zero-order valence-electron chi connectivity index (χ0n) is 17.0. The number of rotatable bonds is 7. The molecular formula is C24H31N3O2. The van der Waals surface area contributed by atoms with Gasteiger partial charge in [-0.3, -0.25) is 9.69 Å². The highest BCUT2D eigenvalue weighted by molar-refractivity contribution is 5.91. The number of morpholine rings is 1. The molecule has 1 atom stereocenters. The van der Waals surface area contributed by atoms with Crippen LogP contribution < -0.4 is 5.73 Å². The van der Waals surface area contributed by atoms with Crippen molar-refractivity contribution in [3.8, 4) is 0 Å². The van der Waals surface area contributed by atoms with Crippen molar-refractivity contribution >= 4 is 5.91 Å². The van der Waals surface area contributed by atoms with Gasteiger partial charge in [0.05, 0.1) is 13.2 Å². The van der Waals surface area contributed by atoms with Gasteiger partial charge in [0.15, 0.2) is 0 Å². The number of nitrogens with zero attached hydrogens (tertiary/aromatic N) is 2. The summed E-state index contributed by atoms with van der Waals surface area (Å²) in [7, 11) is 0. The monoisotopic (exact) mass is 393 g/mol. The van der Waals surface area contributed by atoms with E-state index >= 15 is 0 Å². The predicted octanol–water partition coefficient (Wildman–Crippen LogP) is 2.11. The summed E-state index contributed by atoms with van der Waals surface area (Å²) in [5.74, 6) is -0.0931. The maximum atomic E-state index is 13.1. The Kier molecular flexibility index (Phi) is 6.28. The van der Waals surface area contributed by atoms with Gasteiger partial charge in [0.25, 0.3) is 0 Å². The molecule has 2 fully saturated rings. The minimum absolute atomic E-state index is 0.162. The molecule has 0 aromatic heterocycles. The Morgan fingerprint density at radius 3 is 2.00 bits per heavy atom. The van der Waals surface area contributed by atoms with Crippen molar-refractivity contribution in [1.29, 1.82) is 0 Å². The van der Waals surface area contributed by atoms with E-state index in [1.54, 1.807) is 0 Å². The summed E-state index contributed by atoms with van der Waals surface area (Å²) in [6.45, 7) is 7.64. The molecule has 154 valence electrons. The van der Waals surface area contributed by atoms with Gasteiger partial charge < -0.3 is 15.4 Å². The standard InChI is InChI=1S/C24H31N3O2/c25-23(28)24(20-7-3-1-4-8-20,21-9-5-2-6-10-21)22-11-12-27(19-22)14-13-26-15-17-29-18-16-26/h1-10,22H,11-19H2,(H2,25,28). The van der Waals surface area contributed by atoms with Gasteiger partial charge in [0.1, 0.15) is 5.41 Å². The third-order valence-electron chi connectivity index (χ3n) is 6.57. The molecule has 0 aliphatic carbocycles. The van der Waals surface area contributed by atoms with Crippen LogP contribution in [0.1, 0.15) is 17.5 Å². The molecule has 0 bridgehead atoms. The number of hydrogen-bond donors (Lipinski definition) is 1. The molecular weight excluding hydrogens is 362 g/mol. The summed E-state index contributed by atoms with van der Waals surface area (Å²) < 4.78 is 5.45. The molecule has 2 N–H and O–H groups in total. The second-order valence-electron chi connectivity index (χ2n) is 8.14. The lowest BCUT2D eigenvalue weighted by atomic mass is 9.64. The highest BCUT2D eigenvalue weighted by atomic mass is 16.5. The van der Waals surface area contributed by atoms with E-state index in [1.165, 1.54) is 0 Å². The fourth-order valence-electron chi connectivity index (χ4n) is 5.02. The van der Waals surface area contributed by atoms with Gasteiger partial charge in [0.2, 0.25) is 5.91 Å². The van der Waals surface area contributed by atoms with Crippen LogP contribution in [0.3, 0.4) is 0 Å². The average Bonchev–Trinajstić information content (AvgIpc) is 3.24. The van der Waals surface area contributed by atoms with Crippen LogP contribution in [0.2, 0.25) is 0 Å². The number of likely N-dealkylation sites (tertiary alicyclic amines) is 1. The lowest BCUT2D eigenvalue weighted by molar-refractivity contribution is -0.123. The van der Waals surface area contributed by atoms with Crippen molar-refractivity contribution in [2.45, 2.75) is 11.8 Å². The molecule has 2 aromatic rings. The van der Waals surface area contributed by atoms with Crippen molar-refractivity contribution in [1.82, 2.24) is 9.80 Å². The van der Waals surface area contributed by atoms with Gasteiger partial charge in [-0.05, 0) is 30.0 Å². The maximum absolute atomic E-state index is 13.1. The predicted molar refractivity (Wildman–Crippen MR) is 115 cm³/mol. The van der Waals surface area contributed by atoms with E-state index in [0.29, 0.717) is 0 Å². The number of carbonyl (C=O) groups excluding carboxylic acids is 1. The minimum atomic E-state index is -0.795. The molecule has 1 amide bonds. The van der Waals surface area contributed by atoms with Gasteiger partial charge in [-0.2, -0.15) is 0 Å². The molecule has 2 heterocycles. The molecule has 2 aromatic carbocycles. The molecule has 2 aliphatic rings. The topological polar surface area (TPSA) is 58.8 Å². The summed E-state index contributed by atoms with van der Waals surface area (Å²) in [5.41, 5.74) is 7.37. The van der Waals surface area contributed by atoms with Crippen LogP contribution in [-0.4, -0.2) is 68.2 Å². The number of amides is 1. The van der Waals surface area contributed by atoms with Crippen LogP contribution in [0, 0.1) is 5.92 Å². The summed E-state index contributed by atoms with van der Waals surface area (Å²) in [4.78, 5) is 18.1. The van der Waals surface area contributed by atoms with E-state index in [9.17, 15) is 4.79 Å². The smallest absolute Gasteiger partial charge is 0.232 e. The van der Waals surface area contributed by atoms with Crippen molar-refractivity contribution in [2.24, 2.45) is 11.7 Å². The molecule has 0 spiro atoms. The fourth-order valence-corrected chi connectivity index (χ4v) is 5.02. The van der Waals surface area contributed by atoms with Crippen LogP contribution in [0.25, 0.3) is 0 Å². The van der Waals surface area contributed by atoms with E-state index in [-0.39, 0.29) is 11.8 Å². The molecule has 0 saturated carbocycles. The highest BCUT2D eigenvalue weighted by Crippen LogP contribution is 2.43. The Morgan fingerprint density at radius 1 is 0.897 bits per heavy atom. The van der Waals surface area contributed by atoms with Crippen LogP contribution in [0.4, 0.5) is 0 Å². The second-order valence-corrected chi connectivity index (χ2v) is 8.14. The van der Waals surface area contributed by atoms with Crippen LogP contribution in [0.15, 0.2) is 60.7 Å². The van der Waals surface area contributed by atoms with E-state index in [4.69, 9.17) is 10.5 Å². The van der Waals surface area contributed by atoms with Crippen molar-refractivity contribution in [3.63, 3.8) is 0 Å². The number of benzene rings is 2. The Labute approximate surface area is 173 Å². The SMILES string of the molecule is NC(=O)C(c1ccccc1)(c1ccccc1)C1CCN(CCN2CCOCC2)C1. The van der Waals surface area contributed by atoms with E-state index in [0.717, 1.165) is 70.0 Å². The number of hydrogen-bond acceptors (Lipinski definition) is 4. The lowest BCUT2D eigenvalue weighted by Crippen LogP contribution is -2.49. The van der Waals surface area contributed by atoms with Crippen LogP contribution in [0.5, 0.6) is 0 Å². The molecule has 4 rings (SSSR count). The Hall–Kier alpha value is -2.21. The van der Waals surface area contributed by atoms with Crippen LogP contribution >= 0.6 is 0 Å². The summed E-state index contributed by atoms with van der Waals surface area (Å²) >= 11 is 0. The molecule has 0 radical (unpaired) electrons. The third kappa shape index (κ3) is 4.08. The third-order valence-corrected chi connectivity index (χ3v) is 6.57. The largest absolute Gasteiger partial charge is 0.379 e. The fraction of sp³-hybridized carbons (Fsp3) is 0.458. The average molecular weight is 394 g/mol. The summed E-state index contributed by atoms with van der Waals surface area (Å²) in [5, 5.41) is 0. The van der Waals surface area contributed by atoms with E-state index < -0.39 is 5.41 Å². The zero-order valence-corrected chi connectivity index (χ0v) is 17.0. The van der Waals surface area contributed by atoms with Crippen LogP contribution in [-0.2, 0) is 14.9 Å².